The molecule has 2 N–H and O–H groups in total. The number of carboxylic acids is 1. The average Bonchev–Trinajstić information content (AvgIpc) is 2.87. The fourth-order valence-electron chi connectivity index (χ4n) is 2.40. The van der Waals surface area contributed by atoms with E-state index in [9.17, 15) is 14.7 Å². The summed E-state index contributed by atoms with van der Waals surface area (Å²) in [4.78, 5) is 24.3. The number of para-hydroxylation sites is 1. The number of amides is 1. The number of rotatable bonds is 6. The molecule has 1 aromatic rings. The van der Waals surface area contributed by atoms with Crippen LogP contribution in [0.25, 0.3) is 0 Å². The van der Waals surface area contributed by atoms with Crippen molar-refractivity contribution < 1.29 is 24.5 Å². The van der Waals surface area contributed by atoms with Crippen LogP contribution in [0.2, 0.25) is 0 Å². The second-order valence-corrected chi connectivity index (χ2v) is 5.05. The Morgan fingerprint density at radius 3 is 2.67 bits per heavy atom. The van der Waals surface area contributed by atoms with E-state index in [4.69, 9.17) is 9.84 Å². The maximum atomic E-state index is 12.0. The maximum Gasteiger partial charge on any atom is 0.326 e. The lowest BCUT2D eigenvalue weighted by Gasteiger charge is -2.21. The summed E-state index contributed by atoms with van der Waals surface area (Å²) in [6.07, 6.45) is 0.0630. The molecule has 1 heterocycles. The van der Waals surface area contributed by atoms with Crippen molar-refractivity contribution >= 4 is 11.9 Å². The summed E-state index contributed by atoms with van der Waals surface area (Å²) in [7, 11) is 0. The Hall–Kier alpha value is -2.08. The van der Waals surface area contributed by atoms with Crippen molar-refractivity contribution in [2.24, 2.45) is 0 Å². The van der Waals surface area contributed by atoms with Crippen molar-refractivity contribution in [3.63, 3.8) is 0 Å². The number of benzene rings is 1. The first kappa shape index (κ1) is 15.3. The zero-order chi connectivity index (χ0) is 15.2. The van der Waals surface area contributed by atoms with Crippen molar-refractivity contribution in [1.82, 2.24) is 4.90 Å². The highest BCUT2D eigenvalue weighted by atomic mass is 16.5. The molecular formula is C15H19NO5. The quantitative estimate of drug-likeness (QED) is 0.761. The van der Waals surface area contributed by atoms with Crippen LogP contribution in [0.1, 0.15) is 19.3 Å². The molecule has 0 bridgehead atoms. The van der Waals surface area contributed by atoms with Gasteiger partial charge >= 0.3 is 5.97 Å². The van der Waals surface area contributed by atoms with Crippen LogP contribution in [-0.2, 0) is 9.59 Å². The third kappa shape index (κ3) is 4.19. The number of nitrogens with zero attached hydrogens (tertiary/aromatic N) is 1. The number of carbonyl (C=O) groups excluding carboxylic acids is 1. The van der Waals surface area contributed by atoms with Gasteiger partial charge in [0.15, 0.2) is 0 Å². The highest BCUT2D eigenvalue weighted by Gasteiger charge is 2.38. The van der Waals surface area contributed by atoms with Gasteiger partial charge in [0, 0.05) is 19.4 Å². The number of ether oxygens (including phenoxy) is 1. The Balaban J connectivity index is 1.75. The van der Waals surface area contributed by atoms with Gasteiger partial charge in [-0.05, 0) is 18.6 Å². The van der Waals surface area contributed by atoms with Gasteiger partial charge in [0.1, 0.15) is 11.8 Å². The van der Waals surface area contributed by atoms with Crippen LogP contribution >= 0.6 is 0 Å². The Kier molecular flexibility index (Phi) is 5.16. The van der Waals surface area contributed by atoms with Gasteiger partial charge in [-0.1, -0.05) is 18.2 Å². The molecule has 1 fully saturated rings. The molecule has 2 atom stereocenters. The van der Waals surface area contributed by atoms with Crippen molar-refractivity contribution in [1.29, 1.82) is 0 Å². The Bertz CT molecular complexity index is 490. The number of hydrogen-bond donors (Lipinski definition) is 2. The summed E-state index contributed by atoms with van der Waals surface area (Å²) in [5, 5.41) is 18.5. The summed E-state index contributed by atoms with van der Waals surface area (Å²) in [5.74, 6) is -0.582. The Labute approximate surface area is 122 Å². The first-order valence-electron chi connectivity index (χ1n) is 6.96. The van der Waals surface area contributed by atoms with Gasteiger partial charge in [0.05, 0.1) is 12.7 Å². The van der Waals surface area contributed by atoms with E-state index in [-0.39, 0.29) is 25.3 Å². The van der Waals surface area contributed by atoms with Gasteiger partial charge in [-0.2, -0.15) is 0 Å². The monoisotopic (exact) mass is 293 g/mol. The van der Waals surface area contributed by atoms with Gasteiger partial charge in [-0.3, -0.25) is 4.79 Å². The Morgan fingerprint density at radius 1 is 1.29 bits per heavy atom. The van der Waals surface area contributed by atoms with Crippen LogP contribution in [0.5, 0.6) is 5.75 Å². The van der Waals surface area contributed by atoms with Gasteiger partial charge in [-0.15, -0.1) is 0 Å². The van der Waals surface area contributed by atoms with Crippen molar-refractivity contribution in [3.05, 3.63) is 30.3 Å². The van der Waals surface area contributed by atoms with E-state index in [0.717, 1.165) is 5.75 Å². The molecular weight excluding hydrogens is 274 g/mol. The van der Waals surface area contributed by atoms with Crippen molar-refractivity contribution in [2.45, 2.75) is 31.4 Å². The topological polar surface area (TPSA) is 87.1 Å². The fraction of sp³-hybridized carbons (Fsp3) is 0.467. The molecule has 1 saturated heterocycles. The molecule has 1 aromatic carbocycles. The van der Waals surface area contributed by atoms with E-state index < -0.39 is 18.1 Å². The lowest BCUT2D eigenvalue weighted by atomic mass is 10.2. The van der Waals surface area contributed by atoms with E-state index in [1.54, 1.807) is 0 Å². The molecule has 6 nitrogen and oxygen atoms in total. The fourth-order valence-corrected chi connectivity index (χ4v) is 2.40. The SMILES string of the molecule is O=C(O)[C@@H]1C[C@H](O)CN1C(=O)CCCOc1ccccc1. The molecule has 21 heavy (non-hydrogen) atoms. The third-order valence-electron chi connectivity index (χ3n) is 3.43. The largest absolute Gasteiger partial charge is 0.494 e. The molecule has 1 aliphatic rings. The number of β-amino-alcohol motifs (C(OH)–C–C–N with tert-alkyl or cyclic N) is 1. The average molecular weight is 293 g/mol. The number of carbonyl (C=O) groups is 2. The molecule has 0 radical (unpaired) electrons. The number of likely N-dealkylation sites (tertiary alicyclic amines) is 1. The normalized spacial score (nSPS) is 21.3. The maximum absolute atomic E-state index is 12.0. The number of hydrogen-bond acceptors (Lipinski definition) is 4. The lowest BCUT2D eigenvalue weighted by molar-refractivity contribution is -0.148. The van der Waals surface area contributed by atoms with E-state index in [1.165, 1.54) is 4.90 Å². The second-order valence-electron chi connectivity index (χ2n) is 5.05. The lowest BCUT2D eigenvalue weighted by Crippen LogP contribution is -2.40. The van der Waals surface area contributed by atoms with Gasteiger partial charge in [0.25, 0.3) is 0 Å². The Morgan fingerprint density at radius 2 is 2.00 bits per heavy atom. The van der Waals surface area contributed by atoms with E-state index >= 15 is 0 Å². The van der Waals surface area contributed by atoms with Crippen LogP contribution in [0.4, 0.5) is 0 Å². The zero-order valence-electron chi connectivity index (χ0n) is 11.6. The predicted molar refractivity (Wildman–Crippen MR) is 74.9 cm³/mol. The van der Waals surface area contributed by atoms with E-state index in [0.29, 0.717) is 13.0 Å². The highest BCUT2D eigenvalue weighted by molar-refractivity contribution is 5.84. The molecule has 2 rings (SSSR count). The molecule has 1 aliphatic heterocycles. The molecule has 114 valence electrons. The van der Waals surface area contributed by atoms with Crippen LogP contribution in [-0.4, -0.2) is 52.3 Å². The number of aliphatic carboxylic acids is 1. The minimum atomic E-state index is -1.07. The minimum Gasteiger partial charge on any atom is -0.494 e. The first-order chi connectivity index (χ1) is 10.1. The number of carboxylic acid groups (broad SMARTS) is 1. The summed E-state index contributed by atoms with van der Waals surface area (Å²) in [5.41, 5.74) is 0. The molecule has 0 spiro atoms. The summed E-state index contributed by atoms with van der Waals surface area (Å²) >= 11 is 0. The molecule has 0 aliphatic carbocycles. The first-order valence-corrected chi connectivity index (χ1v) is 6.96. The summed E-state index contributed by atoms with van der Waals surface area (Å²) < 4.78 is 5.48. The molecule has 0 unspecified atom stereocenters. The minimum absolute atomic E-state index is 0.0926. The van der Waals surface area contributed by atoms with Gasteiger partial charge in [-0.25, -0.2) is 4.79 Å². The van der Waals surface area contributed by atoms with Crippen LogP contribution < -0.4 is 4.74 Å². The number of aliphatic hydroxyl groups excluding tert-OH is 1. The summed E-state index contributed by atoms with van der Waals surface area (Å²) in [6, 6.07) is 8.37. The molecule has 6 heteroatoms. The van der Waals surface area contributed by atoms with Crippen molar-refractivity contribution in [2.75, 3.05) is 13.2 Å². The molecule has 0 aromatic heterocycles. The van der Waals surface area contributed by atoms with Gasteiger partial charge in [0.2, 0.25) is 5.91 Å². The third-order valence-corrected chi connectivity index (χ3v) is 3.43. The van der Waals surface area contributed by atoms with Crippen LogP contribution in [0.15, 0.2) is 30.3 Å². The summed E-state index contributed by atoms with van der Waals surface area (Å²) in [6.45, 7) is 0.485. The van der Waals surface area contributed by atoms with E-state index in [1.807, 2.05) is 30.3 Å². The van der Waals surface area contributed by atoms with Crippen LogP contribution in [0.3, 0.4) is 0 Å². The standard InChI is InChI=1S/C15H19NO5/c17-11-9-13(15(19)20)16(10-11)14(18)7-4-8-21-12-5-2-1-3-6-12/h1-3,5-6,11,13,17H,4,7-10H2,(H,19,20)/t11-,13-/m0/s1. The second kappa shape index (κ2) is 7.08. The number of aliphatic hydroxyl groups is 1. The highest BCUT2D eigenvalue weighted by Crippen LogP contribution is 2.19. The van der Waals surface area contributed by atoms with Gasteiger partial charge < -0.3 is 19.8 Å². The van der Waals surface area contributed by atoms with E-state index in [2.05, 4.69) is 0 Å². The molecule has 0 saturated carbocycles. The van der Waals surface area contributed by atoms with Crippen LogP contribution in [0, 0.1) is 0 Å². The predicted octanol–water partition coefficient (Wildman–Crippen LogP) is 0.892. The smallest absolute Gasteiger partial charge is 0.326 e. The van der Waals surface area contributed by atoms with Crippen molar-refractivity contribution in [3.8, 4) is 5.75 Å². The zero-order valence-corrected chi connectivity index (χ0v) is 11.6. The molecule has 1 amide bonds.